The van der Waals surface area contributed by atoms with Crippen LogP contribution in [0.2, 0.25) is 0 Å². The van der Waals surface area contributed by atoms with Crippen LogP contribution in [0.4, 0.5) is 8.78 Å². The van der Waals surface area contributed by atoms with Crippen LogP contribution in [-0.4, -0.2) is 50.3 Å². The number of benzene rings is 1. The molecule has 2 fully saturated rings. The second-order valence-corrected chi connectivity index (χ2v) is 6.67. The number of hydrogen-bond acceptors (Lipinski definition) is 2. The van der Waals surface area contributed by atoms with Crippen LogP contribution in [0.3, 0.4) is 0 Å². The first-order valence-corrected chi connectivity index (χ1v) is 8.67. The molecule has 3 rings (SSSR count). The molecule has 0 saturated carbocycles. The van der Waals surface area contributed by atoms with Gasteiger partial charge >= 0.3 is 0 Å². The molecule has 1 atom stereocenters. The third-order valence-corrected chi connectivity index (χ3v) is 4.93. The minimum Gasteiger partial charge on any atom is -0.381 e. The van der Waals surface area contributed by atoms with Gasteiger partial charge in [0, 0.05) is 38.2 Å². The van der Waals surface area contributed by atoms with Gasteiger partial charge in [0.15, 0.2) is 17.6 Å². The first-order chi connectivity index (χ1) is 11.6. The maximum absolute atomic E-state index is 13.7. The second kappa shape index (κ2) is 9.12. The quantitative estimate of drug-likeness (QED) is 0.422. The summed E-state index contributed by atoms with van der Waals surface area (Å²) in [6, 6.07) is 4.29. The maximum Gasteiger partial charge on any atom is 0.193 e. The summed E-state index contributed by atoms with van der Waals surface area (Å²) >= 11 is 0. The molecule has 7 heteroatoms. The summed E-state index contributed by atoms with van der Waals surface area (Å²) in [4.78, 5) is 6.88. The van der Waals surface area contributed by atoms with E-state index >= 15 is 0 Å². The number of guanidine groups is 1. The van der Waals surface area contributed by atoms with E-state index in [0.29, 0.717) is 18.5 Å². The van der Waals surface area contributed by atoms with E-state index < -0.39 is 11.6 Å². The van der Waals surface area contributed by atoms with Crippen LogP contribution >= 0.6 is 24.0 Å². The Kier molecular flexibility index (Phi) is 7.42. The third kappa shape index (κ3) is 4.81. The second-order valence-electron chi connectivity index (χ2n) is 6.67. The van der Waals surface area contributed by atoms with Crippen LogP contribution in [-0.2, 0) is 11.2 Å². The molecule has 140 valence electrons. The van der Waals surface area contributed by atoms with Gasteiger partial charge in [-0.25, -0.2) is 8.78 Å². The zero-order valence-electron chi connectivity index (χ0n) is 14.6. The van der Waals surface area contributed by atoms with E-state index in [9.17, 15) is 8.78 Å². The molecule has 0 aromatic heterocycles. The molecule has 1 aromatic rings. The van der Waals surface area contributed by atoms with Crippen molar-refractivity contribution in [1.82, 2.24) is 10.2 Å². The summed E-state index contributed by atoms with van der Waals surface area (Å²) in [7, 11) is 0. The number of aliphatic imine (C=N–C) groups is 1. The lowest BCUT2D eigenvalue weighted by molar-refractivity contribution is 0.156. The van der Waals surface area contributed by atoms with E-state index in [0.717, 1.165) is 57.7 Å². The monoisotopic (exact) mass is 465 g/mol. The number of ether oxygens (including phenoxy) is 1. The molecule has 1 aromatic carbocycles. The van der Waals surface area contributed by atoms with Gasteiger partial charge in [-0.1, -0.05) is 12.1 Å². The maximum atomic E-state index is 13.7. The van der Waals surface area contributed by atoms with Crippen molar-refractivity contribution in [3.63, 3.8) is 0 Å². The molecular formula is C18H26F2IN3O. The standard InChI is InChI=1S/C18H25F2N3O.HI/c1-2-21-17(23-10-7-18(12-23)8-11-24-13-18)22-9-6-14-4-3-5-15(19)16(14)20;/h3-5H,2,6-13H2,1H3,(H,21,22);1H. The van der Waals surface area contributed by atoms with Gasteiger partial charge in [-0.15, -0.1) is 24.0 Å². The fourth-order valence-electron chi connectivity index (χ4n) is 3.54. The lowest BCUT2D eigenvalue weighted by Crippen LogP contribution is -2.41. The molecule has 0 bridgehead atoms. The summed E-state index contributed by atoms with van der Waals surface area (Å²) < 4.78 is 32.5. The zero-order chi connectivity index (χ0) is 17.0. The van der Waals surface area contributed by atoms with Gasteiger partial charge in [0.25, 0.3) is 0 Å². The Bertz CT molecular complexity index is 606. The van der Waals surface area contributed by atoms with Crippen LogP contribution in [0.25, 0.3) is 0 Å². The van der Waals surface area contributed by atoms with E-state index in [1.165, 1.54) is 6.07 Å². The Morgan fingerprint density at radius 1 is 1.36 bits per heavy atom. The Hall–Kier alpha value is -0.960. The molecule has 0 aliphatic carbocycles. The molecule has 1 unspecified atom stereocenters. The molecule has 1 N–H and O–H groups in total. The Balaban J connectivity index is 0.00000225. The molecule has 1 spiro atoms. The molecule has 0 radical (unpaired) electrons. The Labute approximate surface area is 165 Å². The average molecular weight is 465 g/mol. The molecular weight excluding hydrogens is 439 g/mol. The lowest BCUT2D eigenvalue weighted by atomic mass is 9.87. The third-order valence-electron chi connectivity index (χ3n) is 4.93. The Morgan fingerprint density at radius 3 is 2.92 bits per heavy atom. The van der Waals surface area contributed by atoms with E-state index in [4.69, 9.17) is 4.74 Å². The average Bonchev–Trinajstić information content (AvgIpc) is 3.21. The fraction of sp³-hybridized carbons (Fsp3) is 0.611. The molecule has 2 heterocycles. The number of nitrogens with one attached hydrogen (secondary N) is 1. The Morgan fingerprint density at radius 2 is 2.20 bits per heavy atom. The summed E-state index contributed by atoms with van der Waals surface area (Å²) in [6.07, 6.45) is 2.62. The molecule has 2 saturated heterocycles. The highest BCUT2D eigenvalue weighted by molar-refractivity contribution is 14.0. The van der Waals surface area contributed by atoms with E-state index in [1.807, 2.05) is 6.92 Å². The molecule has 0 amide bonds. The first-order valence-electron chi connectivity index (χ1n) is 8.67. The van der Waals surface area contributed by atoms with Crippen molar-refractivity contribution in [2.45, 2.75) is 26.2 Å². The van der Waals surface area contributed by atoms with Crippen molar-refractivity contribution in [3.8, 4) is 0 Å². The van der Waals surface area contributed by atoms with Crippen LogP contribution in [0.15, 0.2) is 23.2 Å². The van der Waals surface area contributed by atoms with Gasteiger partial charge in [0.1, 0.15) is 0 Å². The van der Waals surface area contributed by atoms with Gasteiger partial charge in [-0.05, 0) is 37.8 Å². The predicted octanol–water partition coefficient (Wildman–Crippen LogP) is 3.20. The number of halogens is 3. The van der Waals surface area contributed by atoms with Crippen molar-refractivity contribution in [1.29, 1.82) is 0 Å². The predicted molar refractivity (Wildman–Crippen MR) is 106 cm³/mol. The number of likely N-dealkylation sites (tertiary alicyclic amines) is 1. The SMILES string of the molecule is CCNC(=NCCc1cccc(F)c1F)N1CCC2(CCOC2)C1.I. The van der Waals surface area contributed by atoms with Gasteiger partial charge < -0.3 is 15.0 Å². The van der Waals surface area contributed by atoms with Crippen LogP contribution < -0.4 is 5.32 Å². The van der Waals surface area contributed by atoms with Crippen molar-refractivity contribution in [3.05, 3.63) is 35.4 Å². The van der Waals surface area contributed by atoms with Gasteiger partial charge in [-0.2, -0.15) is 0 Å². The minimum absolute atomic E-state index is 0. The largest absolute Gasteiger partial charge is 0.381 e. The van der Waals surface area contributed by atoms with Crippen molar-refractivity contribution >= 4 is 29.9 Å². The highest BCUT2D eigenvalue weighted by atomic mass is 127. The first kappa shape index (κ1) is 20.4. The summed E-state index contributed by atoms with van der Waals surface area (Å²) in [5.74, 6) is -0.704. The van der Waals surface area contributed by atoms with Gasteiger partial charge in [0.05, 0.1) is 6.61 Å². The van der Waals surface area contributed by atoms with E-state index in [1.54, 1.807) is 6.07 Å². The smallest absolute Gasteiger partial charge is 0.193 e. The summed E-state index contributed by atoms with van der Waals surface area (Å²) in [6.45, 7) is 6.84. The molecule has 2 aliphatic heterocycles. The number of rotatable bonds is 4. The van der Waals surface area contributed by atoms with Crippen molar-refractivity contribution in [2.24, 2.45) is 10.4 Å². The summed E-state index contributed by atoms with van der Waals surface area (Å²) in [5.41, 5.74) is 0.641. The topological polar surface area (TPSA) is 36.9 Å². The molecule has 4 nitrogen and oxygen atoms in total. The van der Waals surface area contributed by atoms with Gasteiger partial charge in [-0.3, -0.25) is 4.99 Å². The highest BCUT2D eigenvalue weighted by Crippen LogP contribution is 2.38. The van der Waals surface area contributed by atoms with E-state index in [-0.39, 0.29) is 29.4 Å². The number of nitrogens with zero attached hydrogens (tertiary/aromatic N) is 2. The van der Waals surface area contributed by atoms with Crippen LogP contribution in [0.1, 0.15) is 25.3 Å². The molecule has 25 heavy (non-hydrogen) atoms. The lowest BCUT2D eigenvalue weighted by Gasteiger charge is -2.25. The fourth-order valence-corrected chi connectivity index (χ4v) is 3.54. The van der Waals surface area contributed by atoms with Crippen LogP contribution in [0, 0.1) is 17.0 Å². The molecule has 2 aliphatic rings. The normalized spacial score (nSPS) is 23.2. The van der Waals surface area contributed by atoms with Crippen molar-refractivity contribution < 1.29 is 13.5 Å². The van der Waals surface area contributed by atoms with Crippen LogP contribution in [0.5, 0.6) is 0 Å². The van der Waals surface area contributed by atoms with E-state index in [2.05, 4.69) is 15.2 Å². The van der Waals surface area contributed by atoms with Gasteiger partial charge in [0.2, 0.25) is 0 Å². The highest BCUT2D eigenvalue weighted by Gasteiger charge is 2.42. The van der Waals surface area contributed by atoms with Crippen molar-refractivity contribution in [2.75, 3.05) is 39.4 Å². The zero-order valence-corrected chi connectivity index (χ0v) is 16.9. The minimum atomic E-state index is -0.800. The number of hydrogen-bond donors (Lipinski definition) is 1. The summed E-state index contributed by atoms with van der Waals surface area (Å²) in [5, 5.41) is 3.31.